The Morgan fingerprint density at radius 3 is 2.92 bits per heavy atom. The largest absolute Gasteiger partial charge is 0.354 e. The van der Waals surface area contributed by atoms with Gasteiger partial charge in [0.15, 0.2) is 0 Å². The molecule has 24 heavy (non-hydrogen) atoms. The Balaban J connectivity index is 1.89. The number of hydrogen-bond acceptors (Lipinski definition) is 2. The molecular formula is C19H14N4O. The highest BCUT2D eigenvalue weighted by atomic mass is 16.1. The summed E-state index contributed by atoms with van der Waals surface area (Å²) in [6.07, 6.45) is 3.69. The Morgan fingerprint density at radius 2 is 1.96 bits per heavy atom. The quantitative estimate of drug-likeness (QED) is 0.467. The van der Waals surface area contributed by atoms with Gasteiger partial charge in [0.2, 0.25) is 0 Å². The first kappa shape index (κ1) is 12.4. The van der Waals surface area contributed by atoms with E-state index in [2.05, 4.69) is 38.7 Å². The van der Waals surface area contributed by atoms with Crippen molar-refractivity contribution in [2.45, 2.75) is 19.4 Å². The third-order valence-electron chi connectivity index (χ3n) is 5.43. The predicted molar refractivity (Wildman–Crippen MR) is 92.0 cm³/mol. The molecule has 5 nitrogen and oxygen atoms in total. The van der Waals surface area contributed by atoms with Crippen LogP contribution < -0.4 is 5.32 Å². The standard InChI is InChI=1S/C19H14N4O/c24-19-17-12(7-20-19)16-9-3-1-2-4-13(9)22-18(16)10-5-6-14-11(15(10)17)8-21-23-14/h1-4,8,22H,5-7H2,(H,20,24)(H,21,23). The van der Waals surface area contributed by atoms with E-state index < -0.39 is 0 Å². The van der Waals surface area contributed by atoms with Crippen LogP contribution in [0.3, 0.4) is 0 Å². The molecule has 1 amide bonds. The Labute approximate surface area is 137 Å². The summed E-state index contributed by atoms with van der Waals surface area (Å²) in [5, 5.41) is 12.7. The van der Waals surface area contributed by atoms with Gasteiger partial charge >= 0.3 is 0 Å². The fraction of sp³-hybridized carbons (Fsp3) is 0.158. The summed E-state index contributed by atoms with van der Waals surface area (Å²) in [6.45, 7) is 0.590. The van der Waals surface area contributed by atoms with Gasteiger partial charge in [-0.3, -0.25) is 9.89 Å². The second-order valence-electron chi connectivity index (χ2n) is 6.57. The molecule has 116 valence electrons. The summed E-state index contributed by atoms with van der Waals surface area (Å²) in [5.74, 6) is 0.0301. The van der Waals surface area contributed by atoms with Crippen LogP contribution in [0.25, 0.3) is 32.9 Å². The Kier molecular flexibility index (Phi) is 2.09. The number of aromatic amines is 2. The first-order valence-electron chi connectivity index (χ1n) is 8.22. The van der Waals surface area contributed by atoms with Crippen molar-refractivity contribution >= 4 is 27.7 Å². The van der Waals surface area contributed by atoms with Crippen LogP contribution in [0.1, 0.15) is 27.2 Å². The molecule has 0 spiro atoms. The van der Waals surface area contributed by atoms with Crippen molar-refractivity contribution in [3.8, 4) is 11.1 Å². The number of benzene rings is 2. The number of nitrogens with zero attached hydrogens (tertiary/aromatic N) is 1. The average Bonchev–Trinajstić information content (AvgIpc) is 3.30. The maximum Gasteiger partial charge on any atom is 0.252 e. The van der Waals surface area contributed by atoms with Gasteiger partial charge in [0.25, 0.3) is 5.91 Å². The molecule has 1 aliphatic heterocycles. The molecule has 0 saturated carbocycles. The van der Waals surface area contributed by atoms with E-state index in [0.29, 0.717) is 6.54 Å². The number of carbonyl (C=O) groups is 1. The number of rotatable bonds is 0. The SMILES string of the molecule is O=C1NCc2c1c1c(c3[nH]c4ccccc4c23)CCc2[nH]ncc2-1. The maximum atomic E-state index is 12.6. The molecule has 0 radical (unpaired) electrons. The minimum absolute atomic E-state index is 0.0301. The van der Waals surface area contributed by atoms with Crippen molar-refractivity contribution in [1.29, 1.82) is 0 Å². The molecule has 0 atom stereocenters. The summed E-state index contributed by atoms with van der Waals surface area (Å²) in [7, 11) is 0. The van der Waals surface area contributed by atoms with Crippen LogP contribution in [0.5, 0.6) is 0 Å². The number of nitrogens with one attached hydrogen (secondary N) is 3. The number of aryl methyl sites for hydroxylation is 2. The van der Waals surface area contributed by atoms with Crippen LogP contribution in [-0.4, -0.2) is 21.1 Å². The fourth-order valence-corrected chi connectivity index (χ4v) is 4.43. The van der Waals surface area contributed by atoms with Crippen LogP contribution in [0, 0.1) is 0 Å². The van der Waals surface area contributed by atoms with E-state index in [9.17, 15) is 4.79 Å². The molecule has 3 N–H and O–H groups in total. The van der Waals surface area contributed by atoms with E-state index in [1.807, 2.05) is 12.3 Å². The van der Waals surface area contributed by atoms with Gasteiger partial charge in [-0.1, -0.05) is 18.2 Å². The zero-order chi connectivity index (χ0) is 15.8. The molecule has 2 aromatic carbocycles. The summed E-state index contributed by atoms with van der Waals surface area (Å²) in [6, 6.07) is 8.34. The van der Waals surface area contributed by atoms with Crippen LogP contribution >= 0.6 is 0 Å². The number of fused-ring (bicyclic) bond motifs is 10. The number of aromatic nitrogens is 3. The maximum absolute atomic E-state index is 12.6. The summed E-state index contributed by atoms with van der Waals surface area (Å²) in [4.78, 5) is 16.2. The third kappa shape index (κ3) is 1.32. The molecule has 4 aromatic rings. The van der Waals surface area contributed by atoms with Gasteiger partial charge in [-0.15, -0.1) is 0 Å². The second kappa shape index (κ2) is 4.06. The first-order chi connectivity index (χ1) is 11.8. The molecule has 2 aromatic heterocycles. The van der Waals surface area contributed by atoms with Gasteiger partial charge < -0.3 is 10.3 Å². The topological polar surface area (TPSA) is 73.6 Å². The lowest BCUT2D eigenvalue weighted by Crippen LogP contribution is -2.15. The van der Waals surface area contributed by atoms with E-state index in [1.54, 1.807) is 0 Å². The van der Waals surface area contributed by atoms with Crippen molar-refractivity contribution < 1.29 is 4.79 Å². The summed E-state index contributed by atoms with van der Waals surface area (Å²) >= 11 is 0. The highest BCUT2D eigenvalue weighted by Crippen LogP contribution is 2.45. The van der Waals surface area contributed by atoms with Gasteiger partial charge in [-0.2, -0.15) is 5.10 Å². The van der Waals surface area contributed by atoms with E-state index in [0.717, 1.165) is 46.3 Å². The molecule has 5 heteroatoms. The fourth-order valence-electron chi connectivity index (χ4n) is 4.43. The lowest BCUT2D eigenvalue weighted by molar-refractivity contribution is 0.0966. The van der Waals surface area contributed by atoms with E-state index >= 15 is 0 Å². The second-order valence-corrected chi connectivity index (χ2v) is 6.57. The number of hydrogen-bond donors (Lipinski definition) is 3. The monoisotopic (exact) mass is 314 g/mol. The normalized spacial score (nSPS) is 15.4. The molecule has 0 saturated heterocycles. The molecule has 2 aliphatic rings. The minimum atomic E-state index is 0.0301. The van der Waals surface area contributed by atoms with Crippen LogP contribution in [0.15, 0.2) is 30.5 Å². The molecule has 0 unspecified atom stereocenters. The zero-order valence-electron chi connectivity index (χ0n) is 12.9. The van der Waals surface area contributed by atoms with E-state index in [-0.39, 0.29) is 5.91 Å². The lowest BCUT2D eigenvalue weighted by Gasteiger charge is -2.20. The Bertz CT molecular complexity index is 1180. The zero-order valence-corrected chi connectivity index (χ0v) is 12.9. The molecule has 0 bridgehead atoms. The highest BCUT2D eigenvalue weighted by molar-refractivity contribution is 6.18. The summed E-state index contributed by atoms with van der Waals surface area (Å²) < 4.78 is 0. The Morgan fingerprint density at radius 1 is 1.04 bits per heavy atom. The number of amides is 1. The van der Waals surface area contributed by atoms with Crippen molar-refractivity contribution in [1.82, 2.24) is 20.5 Å². The van der Waals surface area contributed by atoms with Crippen molar-refractivity contribution in [2.24, 2.45) is 0 Å². The lowest BCUT2D eigenvalue weighted by atomic mass is 9.83. The van der Waals surface area contributed by atoms with Crippen molar-refractivity contribution in [3.05, 3.63) is 52.8 Å². The number of carbonyl (C=O) groups excluding carboxylic acids is 1. The Hall–Kier alpha value is -3.08. The highest BCUT2D eigenvalue weighted by Gasteiger charge is 2.33. The van der Waals surface area contributed by atoms with Gasteiger partial charge in [0, 0.05) is 39.7 Å². The van der Waals surface area contributed by atoms with Crippen LogP contribution in [-0.2, 0) is 19.4 Å². The van der Waals surface area contributed by atoms with Crippen molar-refractivity contribution in [2.75, 3.05) is 0 Å². The van der Waals surface area contributed by atoms with Gasteiger partial charge in [-0.25, -0.2) is 0 Å². The van der Waals surface area contributed by atoms with Gasteiger partial charge in [0.05, 0.1) is 17.3 Å². The molecule has 3 heterocycles. The summed E-state index contributed by atoms with van der Waals surface area (Å²) in [5.41, 5.74) is 8.75. The van der Waals surface area contributed by atoms with Crippen LogP contribution in [0.2, 0.25) is 0 Å². The molecular weight excluding hydrogens is 300 g/mol. The average molecular weight is 314 g/mol. The molecule has 0 fully saturated rings. The van der Waals surface area contributed by atoms with Gasteiger partial charge in [0.1, 0.15) is 0 Å². The number of para-hydroxylation sites is 1. The molecule has 6 rings (SSSR count). The van der Waals surface area contributed by atoms with Gasteiger partial charge in [-0.05, 0) is 30.0 Å². The molecule has 1 aliphatic carbocycles. The minimum Gasteiger partial charge on any atom is -0.354 e. The first-order valence-corrected chi connectivity index (χ1v) is 8.22. The van der Waals surface area contributed by atoms with Crippen molar-refractivity contribution in [3.63, 3.8) is 0 Å². The van der Waals surface area contributed by atoms with E-state index in [1.165, 1.54) is 21.9 Å². The van der Waals surface area contributed by atoms with Crippen LogP contribution in [0.4, 0.5) is 0 Å². The third-order valence-corrected chi connectivity index (χ3v) is 5.43. The number of H-pyrrole nitrogens is 2. The van der Waals surface area contributed by atoms with E-state index in [4.69, 9.17) is 0 Å². The smallest absolute Gasteiger partial charge is 0.252 e. The predicted octanol–water partition coefficient (Wildman–Crippen LogP) is 3.05.